The Morgan fingerprint density at radius 1 is 1.43 bits per heavy atom. The van der Waals surface area contributed by atoms with E-state index in [-0.39, 0.29) is 24.4 Å². The second-order valence-electron chi connectivity index (χ2n) is 6.10. The zero-order chi connectivity index (χ0) is 15.5. The molecule has 1 heterocycles. The average molecular weight is 292 g/mol. The fourth-order valence-corrected chi connectivity index (χ4v) is 3.30. The van der Waals surface area contributed by atoms with Crippen LogP contribution < -0.4 is 5.32 Å². The molecule has 0 spiro atoms. The van der Waals surface area contributed by atoms with Crippen molar-refractivity contribution < 1.29 is 9.59 Å². The van der Waals surface area contributed by atoms with Gasteiger partial charge in [-0.1, -0.05) is 19.3 Å². The average Bonchev–Trinajstić information content (AvgIpc) is 2.53. The summed E-state index contributed by atoms with van der Waals surface area (Å²) in [5.41, 5.74) is -0.665. The summed E-state index contributed by atoms with van der Waals surface area (Å²) < 4.78 is 0. The monoisotopic (exact) mass is 292 g/mol. The minimum absolute atomic E-state index is 0.0452. The molecule has 1 saturated heterocycles. The SMILES string of the molecule is CC(C(=O)N(C)C1(C#N)CCCCC1)N1CCNC(=O)C1. The molecule has 0 aromatic rings. The smallest absolute Gasteiger partial charge is 0.240 e. The van der Waals surface area contributed by atoms with Crippen LogP contribution in [0.3, 0.4) is 0 Å². The number of nitriles is 1. The highest BCUT2D eigenvalue weighted by Crippen LogP contribution is 2.33. The zero-order valence-corrected chi connectivity index (χ0v) is 12.9. The summed E-state index contributed by atoms with van der Waals surface area (Å²) in [4.78, 5) is 27.7. The molecular weight excluding hydrogens is 268 g/mol. The summed E-state index contributed by atoms with van der Waals surface area (Å²) in [6.07, 6.45) is 4.61. The highest BCUT2D eigenvalue weighted by Gasteiger charge is 2.41. The molecule has 1 unspecified atom stereocenters. The zero-order valence-electron chi connectivity index (χ0n) is 12.9. The summed E-state index contributed by atoms with van der Waals surface area (Å²) in [6, 6.07) is 2.00. The minimum Gasteiger partial charge on any atom is -0.354 e. The Labute approximate surface area is 126 Å². The van der Waals surface area contributed by atoms with Crippen molar-refractivity contribution in [3.63, 3.8) is 0 Å². The summed E-state index contributed by atoms with van der Waals surface area (Å²) in [5.74, 6) is -0.107. The molecule has 21 heavy (non-hydrogen) atoms. The summed E-state index contributed by atoms with van der Waals surface area (Å²) in [7, 11) is 1.73. The van der Waals surface area contributed by atoms with Crippen molar-refractivity contribution in [3.05, 3.63) is 0 Å². The lowest BCUT2D eigenvalue weighted by molar-refractivity contribution is -0.141. The van der Waals surface area contributed by atoms with Crippen LogP contribution in [0.2, 0.25) is 0 Å². The van der Waals surface area contributed by atoms with Gasteiger partial charge in [0.15, 0.2) is 0 Å². The first-order valence-corrected chi connectivity index (χ1v) is 7.70. The molecule has 2 amide bonds. The van der Waals surface area contributed by atoms with Gasteiger partial charge in [-0.05, 0) is 19.8 Å². The Morgan fingerprint density at radius 3 is 2.67 bits per heavy atom. The highest BCUT2D eigenvalue weighted by atomic mass is 16.2. The Morgan fingerprint density at radius 2 is 2.10 bits per heavy atom. The minimum atomic E-state index is -0.665. The quantitative estimate of drug-likeness (QED) is 0.821. The van der Waals surface area contributed by atoms with E-state index in [4.69, 9.17) is 0 Å². The van der Waals surface area contributed by atoms with E-state index in [0.29, 0.717) is 13.1 Å². The Balaban J connectivity index is 2.07. The lowest BCUT2D eigenvalue weighted by atomic mass is 9.81. The maximum atomic E-state index is 12.7. The summed E-state index contributed by atoms with van der Waals surface area (Å²) >= 11 is 0. The number of nitrogens with zero attached hydrogens (tertiary/aromatic N) is 3. The Kier molecular flexibility index (Phi) is 4.84. The van der Waals surface area contributed by atoms with Gasteiger partial charge in [-0.15, -0.1) is 0 Å². The fourth-order valence-electron chi connectivity index (χ4n) is 3.30. The van der Waals surface area contributed by atoms with E-state index in [2.05, 4.69) is 11.4 Å². The predicted molar refractivity (Wildman–Crippen MR) is 78.2 cm³/mol. The predicted octanol–water partition coefficient (Wildman–Crippen LogP) is 0.492. The molecule has 2 rings (SSSR count). The first kappa shape index (κ1) is 15.8. The first-order valence-electron chi connectivity index (χ1n) is 7.70. The van der Waals surface area contributed by atoms with Gasteiger partial charge in [-0.25, -0.2) is 0 Å². The normalized spacial score (nSPS) is 23.8. The molecule has 0 radical (unpaired) electrons. The second-order valence-corrected chi connectivity index (χ2v) is 6.10. The van der Waals surface area contributed by atoms with E-state index in [1.54, 1.807) is 11.9 Å². The van der Waals surface area contributed by atoms with Gasteiger partial charge in [-0.2, -0.15) is 5.26 Å². The van der Waals surface area contributed by atoms with Crippen LogP contribution in [0, 0.1) is 11.3 Å². The maximum Gasteiger partial charge on any atom is 0.240 e. The molecule has 1 aliphatic carbocycles. The number of piperazine rings is 1. The van der Waals surface area contributed by atoms with Crippen molar-refractivity contribution >= 4 is 11.8 Å². The fraction of sp³-hybridized carbons (Fsp3) is 0.800. The first-order chi connectivity index (χ1) is 10.00. The number of hydrogen-bond donors (Lipinski definition) is 1. The lowest BCUT2D eigenvalue weighted by Gasteiger charge is -2.42. The third-order valence-corrected chi connectivity index (χ3v) is 4.83. The van der Waals surface area contributed by atoms with Crippen molar-refractivity contribution in [2.75, 3.05) is 26.7 Å². The molecule has 2 aliphatic rings. The molecule has 6 heteroatoms. The number of hydrogen-bond acceptors (Lipinski definition) is 4. The van der Waals surface area contributed by atoms with Crippen molar-refractivity contribution in [3.8, 4) is 6.07 Å². The van der Waals surface area contributed by atoms with Gasteiger partial charge in [0.05, 0.1) is 18.7 Å². The van der Waals surface area contributed by atoms with E-state index in [9.17, 15) is 14.9 Å². The third-order valence-electron chi connectivity index (χ3n) is 4.83. The van der Waals surface area contributed by atoms with Gasteiger partial charge in [0.2, 0.25) is 11.8 Å². The molecular formula is C15H24N4O2. The topological polar surface area (TPSA) is 76.4 Å². The van der Waals surface area contributed by atoms with Crippen LogP contribution in [0.5, 0.6) is 0 Å². The number of nitrogens with one attached hydrogen (secondary N) is 1. The highest BCUT2D eigenvalue weighted by molar-refractivity contribution is 5.84. The van der Waals surface area contributed by atoms with Gasteiger partial charge >= 0.3 is 0 Å². The van der Waals surface area contributed by atoms with Crippen LogP contribution in [0.4, 0.5) is 0 Å². The largest absolute Gasteiger partial charge is 0.354 e. The lowest BCUT2D eigenvalue weighted by Crippen LogP contribution is -2.59. The van der Waals surface area contributed by atoms with Crippen LogP contribution in [-0.4, -0.2) is 59.9 Å². The molecule has 116 valence electrons. The number of carbonyl (C=O) groups is 2. The van der Waals surface area contributed by atoms with Crippen molar-refractivity contribution in [2.24, 2.45) is 0 Å². The molecule has 1 N–H and O–H groups in total. The van der Waals surface area contributed by atoms with Gasteiger partial charge in [0.1, 0.15) is 5.54 Å². The van der Waals surface area contributed by atoms with E-state index in [1.165, 1.54) is 0 Å². The molecule has 0 aromatic heterocycles. The standard InChI is InChI=1S/C15H24N4O2/c1-12(19-9-8-17-13(20)10-19)14(21)18(2)15(11-16)6-4-3-5-7-15/h12H,3-10H2,1-2H3,(H,17,20). The van der Waals surface area contributed by atoms with Crippen molar-refractivity contribution in [2.45, 2.75) is 50.6 Å². The van der Waals surface area contributed by atoms with Crippen molar-refractivity contribution in [1.29, 1.82) is 5.26 Å². The third kappa shape index (κ3) is 3.18. The Hall–Kier alpha value is -1.61. The van der Waals surface area contributed by atoms with Crippen LogP contribution in [0.15, 0.2) is 0 Å². The van der Waals surface area contributed by atoms with E-state index < -0.39 is 5.54 Å². The van der Waals surface area contributed by atoms with E-state index in [1.807, 2.05) is 11.8 Å². The van der Waals surface area contributed by atoms with Gasteiger partial charge in [0, 0.05) is 20.1 Å². The summed E-state index contributed by atoms with van der Waals surface area (Å²) in [5, 5.41) is 12.3. The second kappa shape index (κ2) is 6.44. The van der Waals surface area contributed by atoms with Crippen LogP contribution in [-0.2, 0) is 9.59 Å². The molecule has 1 saturated carbocycles. The number of carbonyl (C=O) groups excluding carboxylic acids is 2. The maximum absolute atomic E-state index is 12.7. The molecule has 1 atom stereocenters. The summed E-state index contributed by atoms with van der Waals surface area (Å²) in [6.45, 7) is 3.32. The van der Waals surface area contributed by atoms with Gasteiger partial charge in [-0.3, -0.25) is 14.5 Å². The molecule has 0 bridgehead atoms. The molecule has 0 aromatic carbocycles. The van der Waals surface area contributed by atoms with Crippen molar-refractivity contribution in [1.82, 2.24) is 15.1 Å². The van der Waals surface area contributed by atoms with E-state index in [0.717, 1.165) is 32.1 Å². The number of amides is 2. The van der Waals surface area contributed by atoms with Gasteiger partial charge in [0.25, 0.3) is 0 Å². The van der Waals surface area contributed by atoms with Crippen LogP contribution >= 0.6 is 0 Å². The number of likely N-dealkylation sites (N-methyl/N-ethyl adjacent to an activating group) is 1. The van der Waals surface area contributed by atoms with E-state index >= 15 is 0 Å². The molecule has 6 nitrogen and oxygen atoms in total. The van der Waals surface area contributed by atoms with Gasteiger partial charge < -0.3 is 10.2 Å². The Bertz CT molecular complexity index is 451. The number of rotatable bonds is 3. The molecule has 2 fully saturated rings. The van der Waals surface area contributed by atoms with Crippen LogP contribution in [0.25, 0.3) is 0 Å². The van der Waals surface area contributed by atoms with Crippen LogP contribution in [0.1, 0.15) is 39.0 Å². The molecule has 1 aliphatic heterocycles.